The lowest BCUT2D eigenvalue weighted by molar-refractivity contribution is -0.124. The molecule has 0 spiro atoms. The maximum absolute atomic E-state index is 13.6. The summed E-state index contributed by atoms with van der Waals surface area (Å²) in [6.45, 7) is 8.09. The van der Waals surface area contributed by atoms with E-state index in [0.29, 0.717) is 17.5 Å². The van der Waals surface area contributed by atoms with Gasteiger partial charge in [0.2, 0.25) is 11.8 Å². The first-order valence-electron chi connectivity index (χ1n) is 12.3. The maximum atomic E-state index is 13.6. The summed E-state index contributed by atoms with van der Waals surface area (Å²) in [5.74, 6) is 1.30. The molecule has 1 aliphatic rings. The van der Waals surface area contributed by atoms with Crippen LogP contribution >= 0.6 is 0 Å². The number of ether oxygens (including phenoxy) is 1. The van der Waals surface area contributed by atoms with Gasteiger partial charge in [0.05, 0.1) is 12.3 Å². The third kappa shape index (κ3) is 5.26. The number of aromatic amines is 1. The van der Waals surface area contributed by atoms with Crippen molar-refractivity contribution in [2.24, 2.45) is 11.8 Å². The molecular formula is C27H34N4O4. The van der Waals surface area contributed by atoms with Crippen molar-refractivity contribution in [2.75, 3.05) is 17.2 Å². The summed E-state index contributed by atoms with van der Waals surface area (Å²) < 4.78 is 11.5. The number of carbonyl (C=O) groups is 2. The van der Waals surface area contributed by atoms with Crippen LogP contribution in [0.25, 0.3) is 22.6 Å². The van der Waals surface area contributed by atoms with Crippen LogP contribution in [0.1, 0.15) is 63.7 Å². The number of amides is 1. The third-order valence-corrected chi connectivity index (χ3v) is 6.61. The number of rotatable bonds is 7. The second-order valence-corrected chi connectivity index (χ2v) is 9.59. The molecule has 0 bridgehead atoms. The molecule has 8 heteroatoms. The van der Waals surface area contributed by atoms with E-state index in [9.17, 15) is 9.59 Å². The first-order valence-corrected chi connectivity index (χ1v) is 12.3. The average molecular weight is 479 g/mol. The van der Waals surface area contributed by atoms with Gasteiger partial charge < -0.3 is 14.9 Å². The highest BCUT2D eigenvalue weighted by atomic mass is 16.5. The van der Waals surface area contributed by atoms with Crippen molar-refractivity contribution in [3.8, 4) is 22.6 Å². The van der Waals surface area contributed by atoms with Gasteiger partial charge in [-0.15, -0.1) is 0 Å². The fourth-order valence-corrected chi connectivity index (χ4v) is 4.64. The Morgan fingerprint density at radius 3 is 2.37 bits per heavy atom. The van der Waals surface area contributed by atoms with Crippen molar-refractivity contribution in [1.82, 2.24) is 10.2 Å². The molecule has 8 nitrogen and oxygen atoms in total. The monoisotopic (exact) mass is 478 g/mol. The van der Waals surface area contributed by atoms with Crippen LogP contribution in [-0.4, -0.2) is 34.7 Å². The Hall–Kier alpha value is -3.55. The first-order chi connectivity index (χ1) is 16.8. The summed E-state index contributed by atoms with van der Waals surface area (Å²) in [7, 11) is 0. The predicted octanol–water partition coefficient (Wildman–Crippen LogP) is 5.66. The highest BCUT2D eigenvalue weighted by Gasteiger charge is 2.35. The molecule has 35 heavy (non-hydrogen) atoms. The van der Waals surface area contributed by atoms with Crippen molar-refractivity contribution >= 4 is 23.6 Å². The number of H-pyrrole nitrogens is 1. The molecule has 4 rings (SSSR count). The second-order valence-electron chi connectivity index (χ2n) is 9.59. The number of nitrogens with zero attached hydrogens (tertiary/aromatic N) is 2. The summed E-state index contributed by atoms with van der Waals surface area (Å²) in [5.41, 5.74) is 8.40. The molecular weight excluding hydrogens is 444 g/mol. The van der Waals surface area contributed by atoms with E-state index in [1.165, 1.54) is 0 Å². The molecule has 1 amide bonds. The molecule has 0 aliphatic heterocycles. The number of nitrogens with two attached hydrogens (primary N) is 1. The summed E-state index contributed by atoms with van der Waals surface area (Å²) in [5, 5.41) is 6.91. The summed E-state index contributed by atoms with van der Waals surface area (Å²) >= 11 is 0. The number of nitrogens with one attached hydrogen (secondary N) is 1. The molecule has 0 unspecified atom stereocenters. The highest BCUT2D eigenvalue weighted by molar-refractivity contribution is 6.03. The van der Waals surface area contributed by atoms with Crippen molar-refractivity contribution in [3.05, 3.63) is 42.0 Å². The van der Waals surface area contributed by atoms with Crippen LogP contribution in [0, 0.1) is 11.8 Å². The Balaban J connectivity index is 1.69. The number of anilines is 2. The van der Waals surface area contributed by atoms with Gasteiger partial charge in [0.15, 0.2) is 0 Å². The number of hydrogen-bond donors (Lipinski definition) is 2. The third-order valence-electron chi connectivity index (χ3n) is 6.61. The summed E-state index contributed by atoms with van der Waals surface area (Å²) in [6, 6.07) is 10.8. The summed E-state index contributed by atoms with van der Waals surface area (Å²) in [4.78, 5) is 28.1. The summed E-state index contributed by atoms with van der Waals surface area (Å²) in [6.07, 6.45) is 3.77. The van der Waals surface area contributed by atoms with Gasteiger partial charge in [0, 0.05) is 35.2 Å². The van der Waals surface area contributed by atoms with Crippen LogP contribution in [-0.2, 0) is 9.53 Å². The van der Waals surface area contributed by atoms with Gasteiger partial charge in [-0.3, -0.25) is 14.8 Å². The van der Waals surface area contributed by atoms with Crippen molar-refractivity contribution in [2.45, 2.75) is 59.4 Å². The quantitative estimate of drug-likeness (QED) is 0.423. The van der Waals surface area contributed by atoms with Crippen LogP contribution in [0.3, 0.4) is 0 Å². The number of aromatic nitrogens is 2. The van der Waals surface area contributed by atoms with E-state index in [1.54, 1.807) is 24.0 Å². The molecule has 186 valence electrons. The van der Waals surface area contributed by atoms with E-state index < -0.39 is 5.97 Å². The molecule has 2 heterocycles. The number of nitrogen functional groups attached to an aromatic ring is 1. The minimum atomic E-state index is -0.503. The molecule has 1 aromatic carbocycles. The Labute approximate surface area is 205 Å². The standard InChI is InChI=1S/C27H34N4O4/c1-5-34-27(33)21-14-23(19-12-10-18(11-13-19)22-15-24(28)30-29-22)35-26(21)31(16(2)3)25(32)20-8-6-17(4)7-9-20/h10-17,20H,5-9H2,1-4H3,(H3,28,29,30)/t17-,20-. The fraction of sp³-hybridized carbons (Fsp3) is 0.444. The van der Waals surface area contributed by atoms with E-state index in [4.69, 9.17) is 14.9 Å². The molecule has 0 radical (unpaired) electrons. The van der Waals surface area contributed by atoms with Crippen molar-refractivity contribution in [3.63, 3.8) is 0 Å². The minimum Gasteiger partial charge on any atom is -0.462 e. The van der Waals surface area contributed by atoms with Crippen LogP contribution < -0.4 is 10.6 Å². The second kappa shape index (κ2) is 10.4. The predicted molar refractivity (Wildman–Crippen MR) is 136 cm³/mol. The molecule has 1 fully saturated rings. The Morgan fingerprint density at radius 1 is 1.14 bits per heavy atom. The largest absolute Gasteiger partial charge is 0.462 e. The number of benzene rings is 1. The Morgan fingerprint density at radius 2 is 1.80 bits per heavy atom. The zero-order valence-electron chi connectivity index (χ0n) is 20.8. The van der Waals surface area contributed by atoms with Gasteiger partial charge >= 0.3 is 5.97 Å². The lowest BCUT2D eigenvalue weighted by Crippen LogP contribution is -2.42. The molecule has 3 aromatic rings. The topological polar surface area (TPSA) is 114 Å². The van der Waals surface area contributed by atoms with Gasteiger partial charge in [-0.1, -0.05) is 31.2 Å². The number of hydrogen-bond acceptors (Lipinski definition) is 6. The molecule has 0 saturated heterocycles. The lowest BCUT2D eigenvalue weighted by Gasteiger charge is -2.32. The van der Waals surface area contributed by atoms with Gasteiger partial charge in [-0.05, 0) is 52.4 Å². The van der Waals surface area contributed by atoms with Crippen LogP contribution in [0.4, 0.5) is 11.7 Å². The SMILES string of the molecule is CCOC(=O)c1cc(-c2ccc(-c3cc(N)[nH]n3)cc2)oc1N(C(=O)[C@H]1CC[C@H](C)CC1)C(C)C. The lowest BCUT2D eigenvalue weighted by atomic mass is 9.82. The van der Waals surface area contributed by atoms with Gasteiger partial charge in [0.1, 0.15) is 17.1 Å². The zero-order valence-corrected chi connectivity index (χ0v) is 20.8. The molecule has 3 N–H and O–H groups in total. The smallest absolute Gasteiger partial charge is 0.343 e. The van der Waals surface area contributed by atoms with E-state index in [1.807, 2.05) is 38.1 Å². The van der Waals surface area contributed by atoms with Gasteiger partial charge in [0.25, 0.3) is 0 Å². The van der Waals surface area contributed by atoms with E-state index in [-0.39, 0.29) is 35.9 Å². The van der Waals surface area contributed by atoms with Crippen LogP contribution in [0.15, 0.2) is 40.8 Å². The van der Waals surface area contributed by atoms with E-state index in [2.05, 4.69) is 17.1 Å². The normalized spacial score (nSPS) is 18.0. The first kappa shape index (κ1) is 24.6. The minimum absolute atomic E-state index is 0.00446. The van der Waals surface area contributed by atoms with E-state index >= 15 is 0 Å². The molecule has 2 aromatic heterocycles. The average Bonchev–Trinajstić information content (AvgIpc) is 3.46. The number of carbonyl (C=O) groups excluding carboxylic acids is 2. The van der Waals surface area contributed by atoms with E-state index in [0.717, 1.165) is 42.5 Å². The Kier molecular flexibility index (Phi) is 7.28. The molecule has 1 saturated carbocycles. The number of esters is 1. The van der Waals surface area contributed by atoms with Crippen LogP contribution in [0.2, 0.25) is 0 Å². The maximum Gasteiger partial charge on any atom is 0.343 e. The molecule has 0 atom stereocenters. The number of furan rings is 1. The van der Waals surface area contributed by atoms with Gasteiger partial charge in [-0.2, -0.15) is 5.10 Å². The Bertz CT molecular complexity index is 1170. The highest BCUT2D eigenvalue weighted by Crippen LogP contribution is 2.37. The van der Waals surface area contributed by atoms with Crippen LogP contribution in [0.5, 0.6) is 0 Å². The molecule has 1 aliphatic carbocycles. The van der Waals surface area contributed by atoms with Gasteiger partial charge in [-0.25, -0.2) is 4.79 Å². The zero-order chi connectivity index (χ0) is 25.1. The van der Waals surface area contributed by atoms with Crippen molar-refractivity contribution < 1.29 is 18.7 Å². The van der Waals surface area contributed by atoms with Crippen molar-refractivity contribution in [1.29, 1.82) is 0 Å². The fourth-order valence-electron chi connectivity index (χ4n) is 4.64.